The molecule has 0 radical (unpaired) electrons. The Morgan fingerprint density at radius 1 is 1.42 bits per heavy atom. The van der Waals surface area contributed by atoms with Gasteiger partial charge in [-0.1, -0.05) is 18.2 Å². The zero-order chi connectivity index (χ0) is 8.55. The molecule has 0 saturated carbocycles. The molecule has 0 bridgehead atoms. The standard InChI is InChI=1S/C8H10N2O2/c11-8(12)7-3-1-4-9-5-2-6-10(7)9/h1-3,5,7H,4,6H2,(H,11,12). The molecule has 0 fully saturated rings. The zero-order valence-electron chi connectivity index (χ0n) is 6.55. The Labute approximate surface area is 70.3 Å². The van der Waals surface area contributed by atoms with Crippen LogP contribution in [-0.4, -0.2) is 40.2 Å². The van der Waals surface area contributed by atoms with E-state index in [9.17, 15) is 4.79 Å². The number of nitrogens with zero attached hydrogens (tertiary/aromatic N) is 2. The zero-order valence-corrected chi connectivity index (χ0v) is 6.55. The van der Waals surface area contributed by atoms with Gasteiger partial charge in [0.2, 0.25) is 0 Å². The minimum Gasteiger partial charge on any atom is -0.480 e. The van der Waals surface area contributed by atoms with Gasteiger partial charge in [-0.15, -0.1) is 0 Å². The van der Waals surface area contributed by atoms with Crippen LogP contribution in [0, 0.1) is 0 Å². The molecule has 2 heterocycles. The van der Waals surface area contributed by atoms with E-state index < -0.39 is 12.0 Å². The first kappa shape index (κ1) is 7.36. The van der Waals surface area contributed by atoms with Gasteiger partial charge in [0.05, 0.1) is 6.54 Å². The van der Waals surface area contributed by atoms with Crippen molar-refractivity contribution in [1.29, 1.82) is 0 Å². The molecule has 1 unspecified atom stereocenters. The van der Waals surface area contributed by atoms with Crippen LogP contribution in [0.1, 0.15) is 0 Å². The predicted octanol–water partition coefficient (Wildman–Crippen LogP) is 0.0557. The summed E-state index contributed by atoms with van der Waals surface area (Å²) in [6.45, 7) is 1.47. The third-order valence-corrected chi connectivity index (χ3v) is 2.08. The maximum Gasteiger partial charge on any atom is 0.326 e. The van der Waals surface area contributed by atoms with E-state index in [-0.39, 0.29) is 0 Å². The summed E-state index contributed by atoms with van der Waals surface area (Å²) in [5, 5.41) is 12.6. The van der Waals surface area contributed by atoms with Gasteiger partial charge in [-0.25, -0.2) is 0 Å². The van der Waals surface area contributed by atoms with Gasteiger partial charge in [0.15, 0.2) is 0 Å². The maximum absolute atomic E-state index is 10.7. The van der Waals surface area contributed by atoms with E-state index in [4.69, 9.17) is 5.11 Å². The van der Waals surface area contributed by atoms with Crippen molar-refractivity contribution in [2.45, 2.75) is 6.04 Å². The predicted molar refractivity (Wildman–Crippen MR) is 43.1 cm³/mol. The van der Waals surface area contributed by atoms with Gasteiger partial charge in [0.1, 0.15) is 6.04 Å². The molecule has 4 nitrogen and oxygen atoms in total. The number of carboxylic acids is 1. The topological polar surface area (TPSA) is 43.8 Å². The quantitative estimate of drug-likeness (QED) is 0.559. The molecule has 0 aromatic heterocycles. The number of aliphatic carboxylic acids is 1. The van der Waals surface area contributed by atoms with Crippen LogP contribution in [0.3, 0.4) is 0 Å². The highest BCUT2D eigenvalue weighted by Gasteiger charge is 2.30. The van der Waals surface area contributed by atoms with Crippen molar-refractivity contribution in [2.24, 2.45) is 0 Å². The fourth-order valence-corrected chi connectivity index (χ4v) is 1.51. The van der Waals surface area contributed by atoms with Gasteiger partial charge in [-0.3, -0.25) is 4.79 Å². The van der Waals surface area contributed by atoms with E-state index in [1.54, 1.807) is 6.08 Å². The Balaban J connectivity index is 2.20. The van der Waals surface area contributed by atoms with E-state index in [1.807, 2.05) is 28.4 Å². The van der Waals surface area contributed by atoms with Crippen LogP contribution in [0.4, 0.5) is 0 Å². The summed E-state index contributed by atoms with van der Waals surface area (Å²) in [4.78, 5) is 10.7. The van der Waals surface area contributed by atoms with Crippen LogP contribution in [0.2, 0.25) is 0 Å². The van der Waals surface area contributed by atoms with E-state index in [0.717, 1.165) is 6.54 Å². The molecule has 0 aromatic rings. The smallest absolute Gasteiger partial charge is 0.326 e. The lowest BCUT2D eigenvalue weighted by molar-refractivity contribution is -0.146. The molecule has 2 aliphatic heterocycles. The maximum atomic E-state index is 10.7. The summed E-state index contributed by atoms with van der Waals surface area (Å²) in [6.07, 6.45) is 7.49. The second kappa shape index (κ2) is 2.64. The first-order valence-electron chi connectivity index (χ1n) is 3.88. The number of carboxylic acid groups (broad SMARTS) is 1. The number of hydrazine groups is 1. The highest BCUT2D eigenvalue weighted by molar-refractivity contribution is 5.76. The Morgan fingerprint density at radius 3 is 3.00 bits per heavy atom. The summed E-state index contributed by atoms with van der Waals surface area (Å²) in [7, 11) is 0. The van der Waals surface area contributed by atoms with Gasteiger partial charge in [-0.05, 0) is 0 Å². The third-order valence-electron chi connectivity index (χ3n) is 2.08. The SMILES string of the molecule is O=C(O)C1C=CCN2C=CCN12. The van der Waals surface area contributed by atoms with Crippen molar-refractivity contribution in [2.75, 3.05) is 13.1 Å². The van der Waals surface area contributed by atoms with E-state index >= 15 is 0 Å². The summed E-state index contributed by atoms with van der Waals surface area (Å²) < 4.78 is 0. The normalized spacial score (nSPS) is 27.7. The van der Waals surface area contributed by atoms with Crippen LogP contribution in [-0.2, 0) is 4.79 Å². The molecule has 0 amide bonds. The number of rotatable bonds is 1. The molecule has 1 atom stereocenters. The monoisotopic (exact) mass is 166 g/mol. The van der Waals surface area contributed by atoms with Crippen molar-refractivity contribution in [1.82, 2.24) is 10.0 Å². The number of carbonyl (C=O) groups is 1. The summed E-state index contributed by atoms with van der Waals surface area (Å²) in [5.74, 6) is -0.792. The molecule has 4 heteroatoms. The molecule has 2 aliphatic rings. The minimum atomic E-state index is -0.792. The lowest BCUT2D eigenvalue weighted by atomic mass is 10.2. The van der Waals surface area contributed by atoms with Crippen molar-refractivity contribution < 1.29 is 9.90 Å². The molecule has 1 N–H and O–H groups in total. The van der Waals surface area contributed by atoms with Crippen molar-refractivity contribution in [3.8, 4) is 0 Å². The van der Waals surface area contributed by atoms with Gasteiger partial charge in [0, 0.05) is 12.7 Å². The first-order chi connectivity index (χ1) is 5.79. The van der Waals surface area contributed by atoms with Crippen LogP contribution >= 0.6 is 0 Å². The summed E-state index contributed by atoms with van der Waals surface area (Å²) in [5.41, 5.74) is 0. The Morgan fingerprint density at radius 2 is 2.25 bits per heavy atom. The van der Waals surface area contributed by atoms with Crippen LogP contribution in [0.25, 0.3) is 0 Å². The van der Waals surface area contributed by atoms with Gasteiger partial charge in [-0.2, -0.15) is 5.01 Å². The Hall–Kier alpha value is -1.29. The largest absolute Gasteiger partial charge is 0.480 e. The third kappa shape index (κ3) is 1.00. The molecule has 0 spiro atoms. The fourth-order valence-electron chi connectivity index (χ4n) is 1.51. The van der Waals surface area contributed by atoms with Crippen LogP contribution < -0.4 is 0 Å². The Bertz CT molecular complexity index is 260. The molecule has 0 aromatic carbocycles. The van der Waals surface area contributed by atoms with Crippen LogP contribution in [0.5, 0.6) is 0 Å². The van der Waals surface area contributed by atoms with Gasteiger partial charge in [0.25, 0.3) is 0 Å². The van der Waals surface area contributed by atoms with Crippen molar-refractivity contribution in [3.05, 3.63) is 24.4 Å². The molecular weight excluding hydrogens is 156 g/mol. The highest BCUT2D eigenvalue weighted by Crippen LogP contribution is 2.17. The van der Waals surface area contributed by atoms with Gasteiger partial charge < -0.3 is 10.1 Å². The number of hydrogen-bond donors (Lipinski definition) is 1. The van der Waals surface area contributed by atoms with Gasteiger partial charge >= 0.3 is 5.97 Å². The van der Waals surface area contributed by atoms with Crippen molar-refractivity contribution in [3.63, 3.8) is 0 Å². The highest BCUT2D eigenvalue weighted by atomic mass is 16.4. The molecular formula is C8H10N2O2. The average molecular weight is 166 g/mol. The van der Waals surface area contributed by atoms with Crippen molar-refractivity contribution >= 4 is 5.97 Å². The minimum absolute atomic E-state index is 0.492. The average Bonchev–Trinajstić information content (AvgIpc) is 2.49. The van der Waals surface area contributed by atoms with Crippen LogP contribution in [0.15, 0.2) is 24.4 Å². The molecule has 64 valence electrons. The Kier molecular flexibility index (Phi) is 1.62. The summed E-state index contributed by atoms with van der Waals surface area (Å²) >= 11 is 0. The number of fused-ring (bicyclic) bond motifs is 1. The molecule has 0 aliphatic carbocycles. The fraction of sp³-hybridized carbons (Fsp3) is 0.375. The molecule has 12 heavy (non-hydrogen) atoms. The molecule has 0 saturated heterocycles. The first-order valence-corrected chi connectivity index (χ1v) is 3.88. The van der Waals surface area contributed by atoms with E-state index in [2.05, 4.69) is 0 Å². The van der Waals surface area contributed by atoms with E-state index in [1.165, 1.54) is 0 Å². The summed E-state index contributed by atoms with van der Waals surface area (Å²) in [6, 6.07) is -0.492. The van der Waals surface area contributed by atoms with E-state index in [0.29, 0.717) is 6.54 Å². The number of hydrogen-bond acceptors (Lipinski definition) is 3. The second-order valence-electron chi connectivity index (χ2n) is 2.84. The second-order valence-corrected chi connectivity index (χ2v) is 2.84. The lowest BCUT2D eigenvalue weighted by Gasteiger charge is -2.34. The molecule has 2 rings (SSSR count). The lowest BCUT2D eigenvalue weighted by Crippen LogP contribution is -2.48.